The van der Waals surface area contributed by atoms with Crippen molar-refractivity contribution in [2.45, 2.75) is 18.9 Å². The van der Waals surface area contributed by atoms with Gasteiger partial charge in [0, 0.05) is 23.5 Å². The summed E-state index contributed by atoms with van der Waals surface area (Å²) in [5, 5.41) is 0. The highest BCUT2D eigenvalue weighted by Crippen LogP contribution is 2.20. The fraction of sp³-hybridized carbons (Fsp3) is 0.308. The molecule has 1 heterocycles. The molecule has 4 nitrogen and oxygen atoms in total. The summed E-state index contributed by atoms with van der Waals surface area (Å²) >= 11 is 1.65. The van der Waals surface area contributed by atoms with Gasteiger partial charge in [-0.05, 0) is 18.1 Å². The number of aromatic nitrogens is 1. The molecule has 0 radical (unpaired) electrons. The van der Waals surface area contributed by atoms with Gasteiger partial charge in [-0.3, -0.25) is 16.3 Å². The zero-order valence-corrected chi connectivity index (χ0v) is 11.1. The van der Waals surface area contributed by atoms with Gasteiger partial charge in [-0.2, -0.15) is 0 Å². The number of hydrogen-bond acceptors (Lipinski definition) is 5. The molecular formula is C13H17N3OS. The smallest absolute Gasteiger partial charge is 0.122 e. The lowest BCUT2D eigenvalue weighted by Crippen LogP contribution is -2.38. The van der Waals surface area contributed by atoms with Gasteiger partial charge in [0.2, 0.25) is 0 Å². The average molecular weight is 263 g/mol. The number of methoxy groups -OCH3 is 1. The summed E-state index contributed by atoms with van der Waals surface area (Å²) in [6.45, 7) is 0. The number of benzene rings is 1. The SMILES string of the molecule is COc1ccccc1CC(Cc1cncs1)NN. The van der Waals surface area contributed by atoms with Crippen molar-refractivity contribution in [3.63, 3.8) is 0 Å². The van der Waals surface area contributed by atoms with Crippen LogP contribution in [0.5, 0.6) is 5.75 Å². The topological polar surface area (TPSA) is 60.2 Å². The van der Waals surface area contributed by atoms with E-state index < -0.39 is 0 Å². The van der Waals surface area contributed by atoms with Crippen molar-refractivity contribution in [3.8, 4) is 5.75 Å². The Labute approximate surface area is 111 Å². The van der Waals surface area contributed by atoms with Crippen LogP contribution in [-0.2, 0) is 12.8 Å². The second-order valence-electron chi connectivity index (χ2n) is 4.05. The molecule has 0 spiro atoms. The minimum atomic E-state index is 0.182. The molecule has 2 aromatic rings. The molecule has 0 amide bonds. The Hall–Kier alpha value is -1.43. The number of para-hydroxylation sites is 1. The van der Waals surface area contributed by atoms with Gasteiger partial charge in [-0.1, -0.05) is 18.2 Å². The Bertz CT molecular complexity index is 473. The van der Waals surface area contributed by atoms with Crippen LogP contribution < -0.4 is 16.0 Å². The van der Waals surface area contributed by atoms with Crippen molar-refractivity contribution < 1.29 is 4.74 Å². The van der Waals surface area contributed by atoms with Crippen molar-refractivity contribution in [3.05, 3.63) is 46.4 Å². The van der Waals surface area contributed by atoms with E-state index in [1.54, 1.807) is 18.4 Å². The molecule has 0 aliphatic heterocycles. The number of nitrogens with one attached hydrogen (secondary N) is 1. The Morgan fingerprint density at radius 2 is 2.22 bits per heavy atom. The molecule has 0 aliphatic carbocycles. The largest absolute Gasteiger partial charge is 0.496 e. The van der Waals surface area contributed by atoms with E-state index in [1.165, 1.54) is 4.88 Å². The fourth-order valence-electron chi connectivity index (χ4n) is 1.91. The number of ether oxygens (including phenoxy) is 1. The molecule has 1 atom stereocenters. The zero-order chi connectivity index (χ0) is 12.8. The molecule has 2 rings (SSSR count). The minimum absolute atomic E-state index is 0.182. The van der Waals surface area contributed by atoms with E-state index in [0.29, 0.717) is 0 Å². The standard InChI is InChI=1S/C13H17N3OS/c1-17-13-5-3-2-4-10(13)6-11(16-14)7-12-8-15-9-18-12/h2-5,8-9,11,16H,6-7,14H2,1H3. The fourth-order valence-corrected chi connectivity index (χ4v) is 2.59. The molecule has 5 heteroatoms. The van der Waals surface area contributed by atoms with E-state index >= 15 is 0 Å². The van der Waals surface area contributed by atoms with Crippen molar-refractivity contribution in [1.82, 2.24) is 10.4 Å². The van der Waals surface area contributed by atoms with Gasteiger partial charge in [0.25, 0.3) is 0 Å². The number of nitrogens with two attached hydrogens (primary N) is 1. The van der Waals surface area contributed by atoms with Crippen LogP contribution in [0.15, 0.2) is 36.0 Å². The van der Waals surface area contributed by atoms with Crippen molar-refractivity contribution in [2.24, 2.45) is 5.84 Å². The van der Waals surface area contributed by atoms with Gasteiger partial charge in [0.1, 0.15) is 5.75 Å². The van der Waals surface area contributed by atoms with E-state index in [-0.39, 0.29) is 6.04 Å². The molecule has 1 aromatic carbocycles. The quantitative estimate of drug-likeness (QED) is 0.616. The summed E-state index contributed by atoms with van der Waals surface area (Å²) in [4.78, 5) is 5.31. The van der Waals surface area contributed by atoms with Gasteiger partial charge in [0.05, 0.1) is 12.6 Å². The third-order valence-corrected chi connectivity index (χ3v) is 3.63. The third kappa shape index (κ3) is 3.29. The van der Waals surface area contributed by atoms with Gasteiger partial charge < -0.3 is 4.74 Å². The first-order chi connectivity index (χ1) is 8.83. The predicted octanol–water partition coefficient (Wildman–Crippen LogP) is 1.77. The van der Waals surface area contributed by atoms with E-state index in [0.717, 1.165) is 24.2 Å². The molecule has 18 heavy (non-hydrogen) atoms. The average Bonchev–Trinajstić information content (AvgIpc) is 2.91. The highest BCUT2D eigenvalue weighted by atomic mass is 32.1. The molecule has 3 N–H and O–H groups in total. The van der Waals surface area contributed by atoms with Crippen LogP contribution in [0.2, 0.25) is 0 Å². The van der Waals surface area contributed by atoms with Crippen molar-refractivity contribution >= 4 is 11.3 Å². The maximum Gasteiger partial charge on any atom is 0.122 e. The number of hydrazine groups is 1. The highest BCUT2D eigenvalue weighted by Gasteiger charge is 2.12. The lowest BCUT2D eigenvalue weighted by molar-refractivity contribution is 0.405. The number of rotatable bonds is 6. The summed E-state index contributed by atoms with van der Waals surface area (Å²) < 4.78 is 5.35. The molecule has 0 fully saturated rings. The van der Waals surface area contributed by atoms with Gasteiger partial charge in [0.15, 0.2) is 0 Å². The van der Waals surface area contributed by atoms with E-state index in [1.807, 2.05) is 29.9 Å². The number of thiazole rings is 1. The predicted molar refractivity (Wildman–Crippen MR) is 73.6 cm³/mol. The Balaban J connectivity index is 2.05. The van der Waals surface area contributed by atoms with Crippen LogP contribution in [0, 0.1) is 0 Å². The van der Waals surface area contributed by atoms with Crippen LogP contribution in [0.1, 0.15) is 10.4 Å². The number of hydrogen-bond donors (Lipinski definition) is 2. The maximum atomic E-state index is 5.62. The van der Waals surface area contributed by atoms with Crippen LogP contribution in [0.25, 0.3) is 0 Å². The molecule has 0 saturated heterocycles. The molecule has 1 aromatic heterocycles. The van der Waals surface area contributed by atoms with E-state index in [2.05, 4.69) is 16.5 Å². The third-order valence-electron chi connectivity index (χ3n) is 2.83. The van der Waals surface area contributed by atoms with E-state index in [4.69, 9.17) is 10.6 Å². The molecule has 0 bridgehead atoms. The molecule has 1 unspecified atom stereocenters. The van der Waals surface area contributed by atoms with Gasteiger partial charge in [-0.15, -0.1) is 11.3 Å². The monoisotopic (exact) mass is 263 g/mol. The summed E-state index contributed by atoms with van der Waals surface area (Å²) in [6, 6.07) is 8.20. The summed E-state index contributed by atoms with van der Waals surface area (Å²) in [6.07, 6.45) is 3.59. The second kappa shape index (κ2) is 6.49. The summed E-state index contributed by atoms with van der Waals surface area (Å²) in [7, 11) is 1.69. The van der Waals surface area contributed by atoms with Gasteiger partial charge in [-0.25, -0.2) is 0 Å². The maximum absolute atomic E-state index is 5.62. The molecular weight excluding hydrogens is 246 g/mol. The van der Waals surface area contributed by atoms with Crippen LogP contribution in [-0.4, -0.2) is 18.1 Å². The molecule has 0 saturated carbocycles. The van der Waals surface area contributed by atoms with Crippen molar-refractivity contribution in [1.29, 1.82) is 0 Å². The lowest BCUT2D eigenvalue weighted by Gasteiger charge is -2.16. The Morgan fingerprint density at radius 3 is 2.89 bits per heavy atom. The first-order valence-corrected chi connectivity index (χ1v) is 6.67. The normalized spacial score (nSPS) is 12.3. The minimum Gasteiger partial charge on any atom is -0.496 e. The van der Waals surface area contributed by atoms with Crippen LogP contribution in [0.3, 0.4) is 0 Å². The highest BCUT2D eigenvalue weighted by molar-refractivity contribution is 7.09. The first kappa shape index (κ1) is 13.0. The number of nitrogens with zero attached hydrogens (tertiary/aromatic N) is 1. The Kier molecular flexibility index (Phi) is 4.69. The zero-order valence-electron chi connectivity index (χ0n) is 10.3. The first-order valence-electron chi connectivity index (χ1n) is 5.79. The van der Waals surface area contributed by atoms with Crippen LogP contribution in [0.4, 0.5) is 0 Å². The van der Waals surface area contributed by atoms with Crippen molar-refractivity contribution in [2.75, 3.05) is 7.11 Å². The van der Waals surface area contributed by atoms with E-state index in [9.17, 15) is 0 Å². The second-order valence-corrected chi connectivity index (χ2v) is 5.02. The molecule has 96 valence electrons. The van der Waals surface area contributed by atoms with Crippen LogP contribution >= 0.6 is 11.3 Å². The Morgan fingerprint density at radius 1 is 1.39 bits per heavy atom. The molecule has 0 aliphatic rings. The lowest BCUT2D eigenvalue weighted by atomic mass is 10.0. The summed E-state index contributed by atoms with van der Waals surface area (Å²) in [5.74, 6) is 6.53. The van der Waals surface area contributed by atoms with Gasteiger partial charge >= 0.3 is 0 Å². The summed E-state index contributed by atoms with van der Waals surface area (Å²) in [5.41, 5.74) is 5.86.